The Balaban J connectivity index is 1.64. The normalized spacial score (nSPS) is 10.5. The van der Waals surface area contributed by atoms with Gasteiger partial charge in [-0.2, -0.15) is 0 Å². The van der Waals surface area contributed by atoms with Gasteiger partial charge in [0.25, 0.3) is 5.91 Å². The summed E-state index contributed by atoms with van der Waals surface area (Å²) < 4.78 is 5.67. The first-order valence-corrected chi connectivity index (χ1v) is 9.25. The number of benzene rings is 2. The Kier molecular flexibility index (Phi) is 5.86. The number of amides is 1. The quantitative estimate of drug-likeness (QED) is 0.516. The molecule has 0 aliphatic heterocycles. The molecule has 0 spiro atoms. The molecule has 25 heavy (non-hydrogen) atoms. The molecule has 2 aromatic carbocycles. The van der Waals surface area contributed by atoms with Crippen LogP contribution >= 0.6 is 46.1 Å². The number of rotatable bonds is 5. The topological polar surface area (TPSA) is 38.3 Å². The number of anilines is 1. The molecule has 128 valence electrons. The predicted molar refractivity (Wildman–Crippen MR) is 105 cm³/mol. The highest BCUT2D eigenvalue weighted by Gasteiger charge is 2.12. The van der Waals surface area contributed by atoms with Gasteiger partial charge in [0.1, 0.15) is 12.4 Å². The highest BCUT2D eigenvalue weighted by Crippen LogP contribution is 2.27. The molecule has 1 amide bonds. The van der Waals surface area contributed by atoms with Crippen LogP contribution in [0.5, 0.6) is 5.75 Å². The zero-order chi connectivity index (χ0) is 17.8. The van der Waals surface area contributed by atoms with Crippen LogP contribution in [0.25, 0.3) is 0 Å². The third-order valence-corrected chi connectivity index (χ3v) is 5.13. The van der Waals surface area contributed by atoms with Crippen LogP contribution in [0.2, 0.25) is 15.1 Å². The molecular formula is C18H12Cl3NO2S. The number of carbonyl (C=O) groups is 1. The van der Waals surface area contributed by atoms with Crippen LogP contribution in [0.15, 0.2) is 53.9 Å². The summed E-state index contributed by atoms with van der Waals surface area (Å²) in [6.45, 7) is 0.329. The van der Waals surface area contributed by atoms with E-state index in [0.29, 0.717) is 38.0 Å². The summed E-state index contributed by atoms with van der Waals surface area (Å²) in [4.78, 5) is 12.9. The zero-order valence-corrected chi connectivity index (χ0v) is 15.8. The van der Waals surface area contributed by atoms with Gasteiger partial charge in [-0.3, -0.25) is 4.79 Å². The number of hydrogen-bond acceptors (Lipinski definition) is 3. The molecule has 1 N–H and O–H groups in total. The lowest BCUT2D eigenvalue weighted by Gasteiger charge is -2.06. The van der Waals surface area contributed by atoms with E-state index in [4.69, 9.17) is 39.5 Å². The van der Waals surface area contributed by atoms with Gasteiger partial charge in [0.05, 0.1) is 20.6 Å². The Morgan fingerprint density at radius 3 is 2.60 bits per heavy atom. The molecule has 0 fully saturated rings. The van der Waals surface area contributed by atoms with E-state index in [1.165, 1.54) is 11.3 Å². The molecule has 0 bridgehead atoms. The molecule has 0 aliphatic carbocycles. The van der Waals surface area contributed by atoms with Crippen molar-refractivity contribution in [1.82, 2.24) is 0 Å². The summed E-state index contributed by atoms with van der Waals surface area (Å²) in [6.07, 6.45) is 0. The SMILES string of the molecule is O=C(Nc1ccc(Cl)cc1Cl)c1cc(COc2ccccc2Cl)cs1. The standard InChI is InChI=1S/C18H12Cl3NO2S/c19-12-5-6-15(14(21)8-12)22-18(23)17-7-11(10-25-17)9-24-16-4-2-1-3-13(16)20/h1-8,10H,9H2,(H,22,23). The minimum absolute atomic E-state index is 0.238. The van der Waals surface area contributed by atoms with Crippen molar-refractivity contribution in [1.29, 1.82) is 0 Å². The van der Waals surface area contributed by atoms with Crippen LogP contribution in [0.4, 0.5) is 5.69 Å². The van der Waals surface area contributed by atoms with Crippen LogP contribution < -0.4 is 10.1 Å². The van der Waals surface area contributed by atoms with E-state index < -0.39 is 0 Å². The van der Waals surface area contributed by atoms with Gasteiger partial charge in [0, 0.05) is 10.6 Å². The van der Waals surface area contributed by atoms with Gasteiger partial charge < -0.3 is 10.1 Å². The molecule has 3 rings (SSSR count). The van der Waals surface area contributed by atoms with Crippen LogP contribution in [0.3, 0.4) is 0 Å². The summed E-state index contributed by atoms with van der Waals surface area (Å²) >= 11 is 19.3. The van der Waals surface area contributed by atoms with E-state index in [1.54, 1.807) is 36.4 Å². The molecule has 0 unspecified atom stereocenters. The van der Waals surface area contributed by atoms with Crippen LogP contribution in [0.1, 0.15) is 15.2 Å². The summed E-state index contributed by atoms with van der Waals surface area (Å²) in [7, 11) is 0. The van der Waals surface area contributed by atoms with Gasteiger partial charge in [-0.05, 0) is 41.8 Å². The monoisotopic (exact) mass is 411 g/mol. The molecule has 0 aliphatic rings. The highest BCUT2D eigenvalue weighted by atomic mass is 35.5. The fourth-order valence-corrected chi connectivity index (χ4v) is 3.51. The minimum atomic E-state index is -0.238. The van der Waals surface area contributed by atoms with Gasteiger partial charge in [-0.25, -0.2) is 0 Å². The van der Waals surface area contributed by atoms with Crippen LogP contribution in [-0.2, 0) is 6.61 Å². The van der Waals surface area contributed by atoms with Crippen molar-refractivity contribution < 1.29 is 9.53 Å². The predicted octanol–water partition coefficient (Wildman–Crippen LogP) is 6.54. The van der Waals surface area contributed by atoms with Crippen molar-refractivity contribution in [2.45, 2.75) is 6.61 Å². The van der Waals surface area contributed by atoms with Crippen LogP contribution in [0, 0.1) is 0 Å². The van der Waals surface area contributed by atoms with Crippen molar-refractivity contribution in [2.75, 3.05) is 5.32 Å². The van der Waals surface area contributed by atoms with Gasteiger partial charge in [0.2, 0.25) is 0 Å². The number of para-hydroxylation sites is 1. The Hall–Kier alpha value is -1.72. The van der Waals surface area contributed by atoms with Crippen molar-refractivity contribution in [3.63, 3.8) is 0 Å². The van der Waals surface area contributed by atoms with Gasteiger partial charge >= 0.3 is 0 Å². The average Bonchev–Trinajstić information content (AvgIpc) is 3.06. The fraction of sp³-hybridized carbons (Fsp3) is 0.0556. The summed E-state index contributed by atoms with van der Waals surface area (Å²) in [6, 6.07) is 13.9. The number of ether oxygens (including phenoxy) is 1. The highest BCUT2D eigenvalue weighted by molar-refractivity contribution is 7.12. The second-order valence-corrected chi connectivity index (χ2v) is 7.28. The number of nitrogens with one attached hydrogen (secondary N) is 1. The maximum atomic E-state index is 12.3. The van der Waals surface area contributed by atoms with Gasteiger partial charge in [-0.1, -0.05) is 46.9 Å². The largest absolute Gasteiger partial charge is 0.487 e. The fourth-order valence-electron chi connectivity index (χ4n) is 2.07. The first kappa shape index (κ1) is 18.1. The van der Waals surface area contributed by atoms with Crippen LogP contribution in [-0.4, -0.2) is 5.91 Å². The molecule has 0 atom stereocenters. The second-order valence-electron chi connectivity index (χ2n) is 5.12. The Morgan fingerprint density at radius 1 is 1.04 bits per heavy atom. The van der Waals surface area contributed by atoms with Crippen molar-refractivity contribution in [2.24, 2.45) is 0 Å². The lowest BCUT2D eigenvalue weighted by Crippen LogP contribution is -2.10. The molecule has 0 radical (unpaired) electrons. The number of thiophene rings is 1. The summed E-state index contributed by atoms with van der Waals surface area (Å²) in [5.74, 6) is 0.368. The molecule has 0 saturated heterocycles. The molecule has 1 heterocycles. The maximum absolute atomic E-state index is 12.3. The zero-order valence-electron chi connectivity index (χ0n) is 12.8. The lowest BCUT2D eigenvalue weighted by molar-refractivity contribution is 0.103. The van der Waals surface area contributed by atoms with Crippen molar-refractivity contribution in [3.8, 4) is 5.75 Å². The third kappa shape index (κ3) is 4.67. The number of hydrogen-bond donors (Lipinski definition) is 1. The minimum Gasteiger partial charge on any atom is -0.487 e. The van der Waals surface area contributed by atoms with Crippen molar-refractivity contribution >= 4 is 57.7 Å². The molecule has 1 aromatic heterocycles. The number of carbonyl (C=O) groups excluding carboxylic acids is 1. The van der Waals surface area contributed by atoms with E-state index >= 15 is 0 Å². The third-order valence-electron chi connectivity index (χ3n) is 3.29. The molecule has 0 saturated carbocycles. The lowest BCUT2D eigenvalue weighted by atomic mass is 10.3. The van der Waals surface area contributed by atoms with E-state index in [2.05, 4.69) is 5.32 Å². The molecular weight excluding hydrogens is 401 g/mol. The van der Waals surface area contributed by atoms with E-state index in [9.17, 15) is 4.79 Å². The molecule has 7 heteroatoms. The Labute approximate surface area is 164 Å². The Morgan fingerprint density at radius 2 is 1.84 bits per heavy atom. The maximum Gasteiger partial charge on any atom is 0.265 e. The molecule has 3 aromatic rings. The van der Waals surface area contributed by atoms with Gasteiger partial charge in [-0.15, -0.1) is 11.3 Å². The summed E-state index contributed by atoms with van der Waals surface area (Å²) in [5, 5.41) is 6.09. The van der Waals surface area contributed by atoms with E-state index in [-0.39, 0.29) is 5.91 Å². The van der Waals surface area contributed by atoms with Gasteiger partial charge in [0.15, 0.2) is 0 Å². The van der Waals surface area contributed by atoms with Crippen molar-refractivity contribution in [3.05, 3.63) is 79.4 Å². The Bertz CT molecular complexity index is 911. The molecule has 3 nitrogen and oxygen atoms in total. The number of halogens is 3. The summed E-state index contributed by atoms with van der Waals surface area (Å²) in [5.41, 5.74) is 1.40. The average molecular weight is 413 g/mol. The van der Waals surface area contributed by atoms with E-state index in [0.717, 1.165) is 5.56 Å². The first-order valence-electron chi connectivity index (χ1n) is 7.24. The first-order chi connectivity index (χ1) is 12.0. The second kappa shape index (κ2) is 8.11. The smallest absolute Gasteiger partial charge is 0.265 e. The van der Waals surface area contributed by atoms with E-state index in [1.807, 2.05) is 17.5 Å².